The minimum Gasteiger partial charge on any atom is -0.377 e. The van der Waals surface area contributed by atoms with Gasteiger partial charge in [-0.2, -0.15) is 0 Å². The van der Waals surface area contributed by atoms with E-state index in [9.17, 15) is 0 Å². The van der Waals surface area contributed by atoms with Gasteiger partial charge in [0.25, 0.3) is 0 Å². The number of hydrogen-bond acceptors (Lipinski definition) is 4. The summed E-state index contributed by atoms with van der Waals surface area (Å²) in [5.41, 5.74) is 7.38. The molecule has 0 radical (unpaired) electrons. The Balaban J connectivity index is 2.19. The Morgan fingerprint density at radius 3 is 3.06 bits per heavy atom. The number of nitrogens with zero attached hydrogens (tertiary/aromatic N) is 2. The van der Waals surface area contributed by atoms with Crippen LogP contribution >= 0.6 is 0 Å². The first-order valence-corrected chi connectivity index (χ1v) is 6.69. The largest absolute Gasteiger partial charge is 0.377 e. The zero-order valence-electron chi connectivity index (χ0n) is 11.2. The van der Waals surface area contributed by atoms with Crippen LogP contribution in [0.5, 0.6) is 0 Å². The van der Waals surface area contributed by atoms with E-state index in [4.69, 9.17) is 10.5 Å². The van der Waals surface area contributed by atoms with Crippen molar-refractivity contribution in [1.82, 2.24) is 9.88 Å². The lowest BCUT2D eigenvalue weighted by Crippen LogP contribution is -2.42. The molecular formula is C14H23N3O. The smallest absolute Gasteiger partial charge is 0.0674 e. The van der Waals surface area contributed by atoms with E-state index in [2.05, 4.69) is 29.8 Å². The van der Waals surface area contributed by atoms with Gasteiger partial charge in [-0.3, -0.25) is 9.88 Å². The van der Waals surface area contributed by atoms with Gasteiger partial charge in [-0.05, 0) is 31.9 Å². The molecule has 1 aromatic heterocycles. The van der Waals surface area contributed by atoms with Gasteiger partial charge in [-0.25, -0.2) is 0 Å². The summed E-state index contributed by atoms with van der Waals surface area (Å²) >= 11 is 0. The van der Waals surface area contributed by atoms with Crippen LogP contribution in [-0.2, 0) is 4.74 Å². The van der Waals surface area contributed by atoms with E-state index in [0.717, 1.165) is 26.1 Å². The molecule has 18 heavy (non-hydrogen) atoms. The minimum atomic E-state index is 0.0829. The highest BCUT2D eigenvalue weighted by Crippen LogP contribution is 2.24. The zero-order valence-corrected chi connectivity index (χ0v) is 11.2. The van der Waals surface area contributed by atoms with Crippen molar-refractivity contribution in [1.29, 1.82) is 0 Å². The van der Waals surface area contributed by atoms with Crippen LogP contribution in [0.15, 0.2) is 24.5 Å². The molecule has 2 rings (SSSR count). The third kappa shape index (κ3) is 3.28. The predicted molar refractivity (Wildman–Crippen MR) is 72.2 cm³/mol. The Kier molecular flexibility index (Phi) is 4.69. The van der Waals surface area contributed by atoms with Gasteiger partial charge in [-0.1, -0.05) is 6.07 Å². The summed E-state index contributed by atoms with van der Waals surface area (Å²) in [5.74, 6) is 0. The van der Waals surface area contributed by atoms with Crippen molar-refractivity contribution in [2.24, 2.45) is 5.73 Å². The molecule has 3 atom stereocenters. The van der Waals surface area contributed by atoms with Crippen molar-refractivity contribution in [2.45, 2.75) is 38.5 Å². The first kappa shape index (κ1) is 13.5. The number of pyridine rings is 1. The van der Waals surface area contributed by atoms with Crippen LogP contribution in [0.4, 0.5) is 0 Å². The van der Waals surface area contributed by atoms with Crippen molar-refractivity contribution >= 4 is 0 Å². The van der Waals surface area contributed by atoms with Crippen LogP contribution in [0.25, 0.3) is 0 Å². The second-order valence-electron chi connectivity index (χ2n) is 5.12. The third-order valence-corrected chi connectivity index (χ3v) is 3.40. The molecule has 4 nitrogen and oxygen atoms in total. The maximum absolute atomic E-state index is 6.19. The number of aromatic nitrogens is 1. The van der Waals surface area contributed by atoms with Crippen LogP contribution in [0.2, 0.25) is 0 Å². The summed E-state index contributed by atoms with van der Waals surface area (Å²) in [6, 6.07) is 4.39. The number of rotatable bonds is 3. The van der Waals surface area contributed by atoms with Gasteiger partial charge in [0.15, 0.2) is 0 Å². The Labute approximate surface area is 109 Å². The molecule has 1 fully saturated rings. The molecule has 4 heteroatoms. The van der Waals surface area contributed by atoms with Gasteiger partial charge < -0.3 is 10.5 Å². The average Bonchev–Trinajstić information content (AvgIpc) is 2.55. The lowest BCUT2D eigenvalue weighted by Gasteiger charge is -2.34. The lowest BCUT2D eigenvalue weighted by molar-refractivity contribution is 0.0583. The molecule has 2 N–H and O–H groups in total. The predicted octanol–water partition coefficient (Wildman–Crippen LogP) is 1.58. The van der Waals surface area contributed by atoms with Gasteiger partial charge >= 0.3 is 0 Å². The number of ether oxygens (including phenoxy) is 1. The fourth-order valence-electron chi connectivity index (χ4n) is 2.68. The highest BCUT2D eigenvalue weighted by molar-refractivity contribution is 5.16. The summed E-state index contributed by atoms with van der Waals surface area (Å²) in [4.78, 5) is 6.64. The molecule has 0 amide bonds. The van der Waals surface area contributed by atoms with Gasteiger partial charge in [0.2, 0.25) is 0 Å². The summed E-state index contributed by atoms with van der Waals surface area (Å²) in [5, 5.41) is 0. The monoisotopic (exact) mass is 249 g/mol. The Bertz CT molecular complexity index is 355. The summed E-state index contributed by atoms with van der Waals surface area (Å²) in [7, 11) is 0. The van der Waals surface area contributed by atoms with Crippen molar-refractivity contribution < 1.29 is 4.74 Å². The first-order valence-electron chi connectivity index (χ1n) is 6.69. The fourth-order valence-corrected chi connectivity index (χ4v) is 2.68. The summed E-state index contributed by atoms with van der Waals surface area (Å²) < 4.78 is 5.70. The maximum atomic E-state index is 6.19. The second-order valence-corrected chi connectivity index (χ2v) is 5.12. The summed E-state index contributed by atoms with van der Waals surface area (Å²) in [6.45, 7) is 7.00. The van der Waals surface area contributed by atoms with E-state index in [1.54, 1.807) is 6.20 Å². The van der Waals surface area contributed by atoms with Gasteiger partial charge in [-0.15, -0.1) is 0 Å². The summed E-state index contributed by atoms with van der Waals surface area (Å²) in [6.07, 6.45) is 5.05. The van der Waals surface area contributed by atoms with Crippen LogP contribution < -0.4 is 5.73 Å². The molecule has 1 aliphatic rings. The molecular weight excluding hydrogens is 226 g/mol. The fraction of sp³-hybridized carbons (Fsp3) is 0.643. The van der Waals surface area contributed by atoms with Crippen molar-refractivity contribution in [2.75, 3.05) is 19.7 Å². The molecule has 1 saturated heterocycles. The quantitative estimate of drug-likeness (QED) is 0.883. The lowest BCUT2D eigenvalue weighted by atomic mass is 10.0. The molecule has 0 saturated carbocycles. The molecule has 100 valence electrons. The number of nitrogens with two attached hydrogens (primary N) is 1. The Hall–Kier alpha value is -0.970. The van der Waals surface area contributed by atoms with E-state index in [0.29, 0.717) is 0 Å². The van der Waals surface area contributed by atoms with Crippen LogP contribution in [0.3, 0.4) is 0 Å². The number of hydrogen-bond donors (Lipinski definition) is 1. The zero-order chi connectivity index (χ0) is 13.0. The SMILES string of the molecule is CC1CN(C(c2cccnc2)C(C)N)CCCO1. The highest BCUT2D eigenvalue weighted by Gasteiger charge is 2.27. The van der Waals surface area contributed by atoms with Gasteiger partial charge in [0, 0.05) is 38.1 Å². The van der Waals surface area contributed by atoms with Crippen molar-refractivity contribution in [3.63, 3.8) is 0 Å². The first-order chi connectivity index (χ1) is 8.68. The van der Waals surface area contributed by atoms with Gasteiger partial charge in [0.05, 0.1) is 12.1 Å². The average molecular weight is 249 g/mol. The van der Waals surface area contributed by atoms with Gasteiger partial charge in [0.1, 0.15) is 0 Å². The highest BCUT2D eigenvalue weighted by atomic mass is 16.5. The van der Waals surface area contributed by atoms with E-state index in [1.165, 1.54) is 5.56 Å². The normalized spacial score (nSPS) is 25.4. The van der Waals surface area contributed by atoms with Crippen molar-refractivity contribution in [3.05, 3.63) is 30.1 Å². The Morgan fingerprint density at radius 1 is 1.56 bits per heavy atom. The van der Waals surface area contributed by atoms with Crippen molar-refractivity contribution in [3.8, 4) is 0 Å². The van der Waals surface area contributed by atoms with Crippen LogP contribution in [-0.4, -0.2) is 41.7 Å². The molecule has 0 bridgehead atoms. The molecule has 0 aromatic carbocycles. The molecule has 0 spiro atoms. The topological polar surface area (TPSA) is 51.4 Å². The van der Waals surface area contributed by atoms with E-state index in [1.807, 2.05) is 12.3 Å². The molecule has 1 aliphatic heterocycles. The van der Waals surface area contributed by atoms with E-state index < -0.39 is 0 Å². The van der Waals surface area contributed by atoms with Crippen LogP contribution in [0, 0.1) is 0 Å². The Morgan fingerprint density at radius 2 is 2.39 bits per heavy atom. The van der Waals surface area contributed by atoms with E-state index >= 15 is 0 Å². The molecule has 3 unspecified atom stereocenters. The minimum absolute atomic E-state index is 0.0829. The molecule has 0 aliphatic carbocycles. The second kappa shape index (κ2) is 6.27. The molecule has 1 aromatic rings. The third-order valence-electron chi connectivity index (χ3n) is 3.40. The molecule has 2 heterocycles. The maximum Gasteiger partial charge on any atom is 0.0674 e. The van der Waals surface area contributed by atoms with E-state index in [-0.39, 0.29) is 18.2 Å². The standard InChI is InChI=1S/C14H23N3O/c1-11-10-17(7-4-8-18-11)14(12(2)15)13-5-3-6-16-9-13/h3,5-6,9,11-12,14H,4,7-8,10,15H2,1-2H3. The van der Waals surface area contributed by atoms with Crippen LogP contribution in [0.1, 0.15) is 31.9 Å².